The average molecular weight is 322 g/mol. The first-order chi connectivity index (χ1) is 8.56. The summed E-state index contributed by atoms with van der Waals surface area (Å²) in [4.78, 5) is 13.3. The Morgan fingerprint density at radius 1 is 1.17 bits per heavy atom. The number of halogens is 1. The highest BCUT2D eigenvalue weighted by atomic mass is 79.9. The molecule has 2 N–H and O–H groups in total. The maximum Gasteiger partial charge on any atom is 0.159 e. The third-order valence-corrected chi connectivity index (χ3v) is 4.09. The van der Waals surface area contributed by atoms with Crippen molar-refractivity contribution in [3.8, 4) is 0 Å². The van der Waals surface area contributed by atoms with Gasteiger partial charge in [0.1, 0.15) is 0 Å². The smallest absolute Gasteiger partial charge is 0.159 e. The second kappa shape index (κ2) is 5.59. The topological polar surface area (TPSA) is 43.1 Å². The molecule has 2 rings (SSSR count). The van der Waals surface area contributed by atoms with Crippen molar-refractivity contribution in [2.75, 3.05) is 5.73 Å². The first-order valence-electron chi connectivity index (χ1n) is 5.40. The van der Waals surface area contributed by atoms with Gasteiger partial charge in [0.25, 0.3) is 0 Å². The van der Waals surface area contributed by atoms with Gasteiger partial charge in [0.2, 0.25) is 0 Å². The van der Waals surface area contributed by atoms with Crippen molar-refractivity contribution < 1.29 is 4.79 Å². The lowest BCUT2D eigenvalue weighted by atomic mass is 10.1. The average Bonchev–Trinajstić information content (AvgIpc) is 2.34. The first-order valence-corrected chi connectivity index (χ1v) is 7.01. The quantitative estimate of drug-likeness (QED) is 0.673. The molecule has 0 aliphatic rings. The van der Waals surface area contributed by atoms with Gasteiger partial charge in [-0.25, -0.2) is 0 Å². The van der Waals surface area contributed by atoms with Gasteiger partial charge in [0, 0.05) is 25.5 Å². The van der Waals surface area contributed by atoms with E-state index in [9.17, 15) is 4.79 Å². The van der Waals surface area contributed by atoms with Gasteiger partial charge in [0.15, 0.2) is 5.78 Å². The van der Waals surface area contributed by atoms with Crippen LogP contribution >= 0.6 is 27.7 Å². The first kappa shape index (κ1) is 13.2. The molecule has 0 spiro atoms. The number of benzene rings is 2. The molecule has 0 aliphatic carbocycles. The van der Waals surface area contributed by atoms with Crippen LogP contribution < -0.4 is 5.73 Å². The zero-order valence-electron chi connectivity index (χ0n) is 9.81. The fourth-order valence-corrected chi connectivity index (χ4v) is 2.59. The summed E-state index contributed by atoms with van der Waals surface area (Å²) in [5.74, 6) is 0.0295. The summed E-state index contributed by atoms with van der Waals surface area (Å²) in [6.07, 6.45) is 0. The monoisotopic (exact) mass is 321 g/mol. The fraction of sp³-hybridized carbons (Fsp3) is 0.0714. The molecule has 0 heterocycles. The molecule has 0 fully saturated rings. The number of nitrogens with two attached hydrogens (primary N) is 1. The molecule has 2 nitrogen and oxygen atoms in total. The number of anilines is 1. The second-order valence-electron chi connectivity index (χ2n) is 3.86. The Bertz CT molecular complexity index is 581. The minimum Gasteiger partial charge on any atom is -0.398 e. The normalized spacial score (nSPS) is 10.3. The molecule has 0 saturated heterocycles. The summed E-state index contributed by atoms with van der Waals surface area (Å²) in [7, 11) is 0. The maximum atomic E-state index is 11.2. The Morgan fingerprint density at radius 2 is 1.83 bits per heavy atom. The summed E-state index contributed by atoms with van der Waals surface area (Å²) in [6, 6.07) is 13.4. The van der Waals surface area contributed by atoms with Crippen LogP contribution in [0.4, 0.5) is 5.69 Å². The summed E-state index contributed by atoms with van der Waals surface area (Å²) in [5.41, 5.74) is 7.24. The highest BCUT2D eigenvalue weighted by Crippen LogP contribution is 2.33. The number of nitrogen functional groups attached to an aromatic ring is 1. The lowest BCUT2D eigenvalue weighted by molar-refractivity contribution is 0.101. The van der Waals surface area contributed by atoms with Crippen molar-refractivity contribution in [3.63, 3.8) is 0 Å². The second-order valence-corrected chi connectivity index (χ2v) is 5.90. The Kier molecular flexibility index (Phi) is 4.09. The zero-order valence-corrected chi connectivity index (χ0v) is 12.2. The number of hydrogen-bond donors (Lipinski definition) is 1. The van der Waals surface area contributed by atoms with Crippen LogP contribution in [0.1, 0.15) is 17.3 Å². The van der Waals surface area contributed by atoms with Crippen molar-refractivity contribution in [1.29, 1.82) is 0 Å². The molecule has 0 bridgehead atoms. The summed E-state index contributed by atoms with van der Waals surface area (Å²) in [6.45, 7) is 1.54. The van der Waals surface area contributed by atoms with E-state index in [4.69, 9.17) is 5.73 Å². The standard InChI is InChI=1S/C14H12BrNOS/c1-9(17)10-2-7-14(13(16)8-10)18-12-5-3-11(15)4-6-12/h2-8H,16H2,1H3. The van der Waals surface area contributed by atoms with E-state index in [1.165, 1.54) is 6.92 Å². The Balaban J connectivity index is 2.24. The molecule has 0 atom stereocenters. The van der Waals surface area contributed by atoms with Gasteiger partial charge in [-0.15, -0.1) is 0 Å². The van der Waals surface area contributed by atoms with Crippen LogP contribution in [0.15, 0.2) is 56.7 Å². The number of carbonyl (C=O) groups is 1. The van der Waals surface area contributed by atoms with E-state index in [1.54, 1.807) is 23.9 Å². The van der Waals surface area contributed by atoms with E-state index in [0.29, 0.717) is 11.3 Å². The Labute approximate surface area is 119 Å². The number of ketones is 1. The van der Waals surface area contributed by atoms with Crippen LogP contribution in [0.2, 0.25) is 0 Å². The predicted octanol–water partition coefficient (Wildman–Crippen LogP) is 4.39. The molecule has 0 unspecified atom stereocenters. The van der Waals surface area contributed by atoms with Gasteiger partial charge in [0.05, 0.1) is 0 Å². The van der Waals surface area contributed by atoms with E-state index in [-0.39, 0.29) is 5.78 Å². The highest BCUT2D eigenvalue weighted by molar-refractivity contribution is 9.10. The number of hydrogen-bond acceptors (Lipinski definition) is 3. The minimum atomic E-state index is 0.0295. The molecule has 0 radical (unpaired) electrons. The predicted molar refractivity (Wildman–Crippen MR) is 79.1 cm³/mol. The van der Waals surface area contributed by atoms with Gasteiger partial charge < -0.3 is 5.73 Å². The van der Waals surface area contributed by atoms with Crippen LogP contribution in [0.3, 0.4) is 0 Å². The SMILES string of the molecule is CC(=O)c1ccc(Sc2ccc(Br)cc2)c(N)c1. The van der Waals surface area contributed by atoms with Gasteiger partial charge in [-0.1, -0.05) is 33.8 Å². The van der Waals surface area contributed by atoms with Gasteiger partial charge in [-0.3, -0.25) is 4.79 Å². The molecule has 4 heteroatoms. The number of carbonyl (C=O) groups excluding carboxylic acids is 1. The molecular formula is C14H12BrNOS. The molecule has 18 heavy (non-hydrogen) atoms. The van der Waals surface area contributed by atoms with E-state index in [2.05, 4.69) is 15.9 Å². The van der Waals surface area contributed by atoms with Gasteiger partial charge in [-0.2, -0.15) is 0 Å². The van der Waals surface area contributed by atoms with Crippen molar-refractivity contribution in [3.05, 3.63) is 52.5 Å². The molecule has 0 aromatic heterocycles. The summed E-state index contributed by atoms with van der Waals surface area (Å²) >= 11 is 4.99. The van der Waals surface area contributed by atoms with Crippen LogP contribution in [0.5, 0.6) is 0 Å². The van der Waals surface area contributed by atoms with Crippen LogP contribution in [-0.4, -0.2) is 5.78 Å². The highest BCUT2D eigenvalue weighted by Gasteiger charge is 2.05. The van der Waals surface area contributed by atoms with Crippen molar-refractivity contribution in [2.24, 2.45) is 0 Å². The third-order valence-electron chi connectivity index (χ3n) is 2.46. The largest absolute Gasteiger partial charge is 0.398 e. The molecule has 92 valence electrons. The number of Topliss-reactive ketones (excluding diaryl/α,β-unsaturated/α-hetero) is 1. The molecular weight excluding hydrogens is 310 g/mol. The van der Waals surface area contributed by atoms with E-state index in [1.807, 2.05) is 30.3 Å². The van der Waals surface area contributed by atoms with Crippen LogP contribution in [0.25, 0.3) is 0 Å². The third kappa shape index (κ3) is 3.15. The molecule has 2 aromatic carbocycles. The Morgan fingerprint density at radius 3 is 2.39 bits per heavy atom. The van der Waals surface area contributed by atoms with E-state index in [0.717, 1.165) is 14.3 Å². The van der Waals surface area contributed by atoms with Crippen molar-refractivity contribution in [1.82, 2.24) is 0 Å². The molecule has 0 saturated carbocycles. The summed E-state index contributed by atoms with van der Waals surface area (Å²) in [5, 5.41) is 0. The van der Waals surface area contributed by atoms with Crippen LogP contribution in [0, 0.1) is 0 Å². The van der Waals surface area contributed by atoms with Gasteiger partial charge >= 0.3 is 0 Å². The maximum absolute atomic E-state index is 11.2. The van der Waals surface area contributed by atoms with Crippen LogP contribution in [-0.2, 0) is 0 Å². The molecule has 0 amide bonds. The summed E-state index contributed by atoms with van der Waals surface area (Å²) < 4.78 is 1.05. The van der Waals surface area contributed by atoms with Crippen molar-refractivity contribution >= 4 is 39.2 Å². The van der Waals surface area contributed by atoms with E-state index < -0.39 is 0 Å². The van der Waals surface area contributed by atoms with Crippen molar-refractivity contribution in [2.45, 2.75) is 16.7 Å². The molecule has 0 aliphatic heterocycles. The van der Waals surface area contributed by atoms with E-state index >= 15 is 0 Å². The Hall–Kier alpha value is -1.26. The lowest BCUT2D eigenvalue weighted by Crippen LogP contribution is -1.95. The fourth-order valence-electron chi connectivity index (χ4n) is 1.49. The minimum absolute atomic E-state index is 0.0295. The number of rotatable bonds is 3. The lowest BCUT2D eigenvalue weighted by Gasteiger charge is -2.07. The molecule has 2 aromatic rings. The zero-order chi connectivity index (χ0) is 13.1. The van der Waals surface area contributed by atoms with Gasteiger partial charge in [-0.05, 0) is 43.3 Å².